The summed E-state index contributed by atoms with van der Waals surface area (Å²) in [7, 11) is 0. The molecule has 0 radical (unpaired) electrons. The number of nitrogens with zero attached hydrogens (tertiary/aromatic N) is 5. The molecule has 0 unspecified atom stereocenters. The summed E-state index contributed by atoms with van der Waals surface area (Å²) >= 11 is 6.35. The van der Waals surface area contributed by atoms with Crippen molar-refractivity contribution in [3.8, 4) is 35.1 Å². The number of hydrogen-bond donors (Lipinski definition) is 4. The van der Waals surface area contributed by atoms with Crippen LogP contribution in [0.4, 0.5) is 4.79 Å². The molecule has 1 fully saturated rings. The number of aliphatic hydroxyl groups is 1. The highest BCUT2D eigenvalue weighted by atomic mass is 35.5. The Hall–Kier alpha value is -4.33. The number of halogens is 1. The third kappa shape index (κ3) is 6.06. The Morgan fingerprint density at radius 2 is 1.95 bits per heavy atom. The number of imidazole rings is 1. The predicted octanol–water partition coefficient (Wildman–Crippen LogP) is 5.47. The molecule has 1 aromatic carbocycles. The first-order valence-corrected chi connectivity index (χ1v) is 13.7. The number of nitrogens with one attached hydrogen (secondary N) is 2. The largest absolute Gasteiger partial charge is 0.465 e. The van der Waals surface area contributed by atoms with Crippen molar-refractivity contribution >= 4 is 34.7 Å². The Morgan fingerprint density at radius 1 is 1.20 bits per heavy atom. The first-order chi connectivity index (χ1) is 19.5. The topological polar surface area (TPSA) is 150 Å². The van der Waals surface area contributed by atoms with Crippen LogP contribution in [0.25, 0.3) is 33.9 Å². The van der Waals surface area contributed by atoms with Gasteiger partial charge in [-0.2, -0.15) is 0 Å². The van der Waals surface area contributed by atoms with Crippen LogP contribution >= 0.6 is 11.6 Å². The quantitative estimate of drug-likeness (QED) is 0.136. The molecular formula is C30H30ClN7O3. The third-order valence-electron chi connectivity index (χ3n) is 7.38. The smallest absolute Gasteiger partial charge is 0.410 e. The van der Waals surface area contributed by atoms with Crippen LogP contribution in [0.5, 0.6) is 0 Å². The van der Waals surface area contributed by atoms with Gasteiger partial charge in [0.15, 0.2) is 23.1 Å². The lowest BCUT2D eigenvalue weighted by Gasteiger charge is -2.27. The number of amidine groups is 1. The van der Waals surface area contributed by atoms with Crippen molar-refractivity contribution < 1.29 is 15.0 Å². The molecule has 5 rings (SSSR count). The van der Waals surface area contributed by atoms with Crippen LogP contribution in [-0.2, 0) is 12.1 Å². The number of fused-ring (bicyclic) bond motifs is 1. The summed E-state index contributed by atoms with van der Waals surface area (Å²) in [6, 6.07) is 10.7. The molecule has 3 heterocycles. The molecule has 1 saturated carbocycles. The minimum absolute atomic E-state index is 0.126. The number of aromatic nitrogens is 5. The minimum Gasteiger partial charge on any atom is -0.465 e. The lowest BCUT2D eigenvalue weighted by Crippen LogP contribution is -2.30. The van der Waals surface area contributed by atoms with Crippen molar-refractivity contribution in [1.29, 1.82) is 5.41 Å². The van der Waals surface area contributed by atoms with E-state index in [4.69, 9.17) is 28.4 Å². The van der Waals surface area contributed by atoms with Crippen molar-refractivity contribution in [3.63, 3.8) is 0 Å². The Labute approximate surface area is 242 Å². The fourth-order valence-corrected chi connectivity index (χ4v) is 5.41. The Balaban J connectivity index is 1.76. The zero-order valence-electron chi connectivity index (χ0n) is 22.7. The molecule has 1 amide bonds. The molecule has 1 aliphatic rings. The molecule has 11 heteroatoms. The van der Waals surface area contributed by atoms with E-state index in [2.05, 4.69) is 20.9 Å². The molecule has 210 valence electrons. The van der Waals surface area contributed by atoms with Crippen LogP contribution in [0.2, 0.25) is 5.02 Å². The van der Waals surface area contributed by atoms with Gasteiger partial charge < -0.3 is 14.8 Å². The van der Waals surface area contributed by atoms with Gasteiger partial charge in [0.05, 0.1) is 5.60 Å². The monoisotopic (exact) mass is 571 g/mol. The molecule has 4 aromatic rings. The highest BCUT2D eigenvalue weighted by molar-refractivity contribution is 6.30. The highest BCUT2D eigenvalue weighted by Gasteiger charge is 2.27. The van der Waals surface area contributed by atoms with Gasteiger partial charge in [0.2, 0.25) is 0 Å². The van der Waals surface area contributed by atoms with Crippen LogP contribution in [-0.4, -0.2) is 46.6 Å². The van der Waals surface area contributed by atoms with Gasteiger partial charge in [0.1, 0.15) is 16.9 Å². The molecule has 10 nitrogen and oxygen atoms in total. The van der Waals surface area contributed by atoms with Gasteiger partial charge in [-0.1, -0.05) is 23.7 Å². The van der Waals surface area contributed by atoms with Gasteiger partial charge >= 0.3 is 6.09 Å². The molecule has 41 heavy (non-hydrogen) atoms. The molecular weight excluding hydrogens is 542 g/mol. The first kappa shape index (κ1) is 28.2. The maximum atomic E-state index is 11.3. The van der Waals surface area contributed by atoms with E-state index in [1.165, 1.54) is 0 Å². The summed E-state index contributed by atoms with van der Waals surface area (Å²) in [5.74, 6) is 3.39. The fourth-order valence-electron chi connectivity index (χ4n) is 5.22. The van der Waals surface area contributed by atoms with Crippen LogP contribution in [0.1, 0.15) is 50.9 Å². The van der Waals surface area contributed by atoms with Gasteiger partial charge in [0, 0.05) is 29.2 Å². The maximum absolute atomic E-state index is 11.3. The SMILES string of the molecule is C#CC1CCC(Cn2c(-c3cc(C(C)(C)O)ccn3)nc3nc(C(=N)NC(=O)O)nc(-c4cccc(Cl)c4)c32)CC1. The summed E-state index contributed by atoms with van der Waals surface area (Å²) in [6.07, 6.45) is 9.70. The average Bonchev–Trinajstić information content (AvgIpc) is 3.30. The number of terminal acetylenes is 1. The Kier molecular flexibility index (Phi) is 7.76. The third-order valence-corrected chi connectivity index (χ3v) is 7.61. The van der Waals surface area contributed by atoms with Gasteiger partial charge in [-0.05, 0) is 75.3 Å². The molecule has 1 aliphatic carbocycles. The summed E-state index contributed by atoms with van der Waals surface area (Å²) in [5.41, 5.74) is 2.13. The van der Waals surface area contributed by atoms with Crippen molar-refractivity contribution in [3.05, 3.63) is 59.0 Å². The molecule has 0 spiro atoms. The second kappa shape index (κ2) is 11.3. The highest BCUT2D eigenvalue weighted by Crippen LogP contribution is 2.36. The van der Waals surface area contributed by atoms with Gasteiger partial charge in [-0.3, -0.25) is 15.7 Å². The summed E-state index contributed by atoms with van der Waals surface area (Å²) in [5, 5.41) is 30.7. The maximum Gasteiger partial charge on any atom is 0.410 e. The fraction of sp³-hybridized carbons (Fsp3) is 0.333. The lowest BCUT2D eigenvalue weighted by molar-refractivity contribution is 0.0785. The summed E-state index contributed by atoms with van der Waals surface area (Å²) < 4.78 is 2.04. The number of carbonyl (C=O) groups is 1. The normalized spacial score (nSPS) is 17.2. The van der Waals surface area contributed by atoms with Crippen LogP contribution in [0.3, 0.4) is 0 Å². The predicted molar refractivity (Wildman–Crippen MR) is 157 cm³/mol. The lowest BCUT2D eigenvalue weighted by atomic mass is 9.82. The van der Waals surface area contributed by atoms with E-state index in [1.807, 2.05) is 16.0 Å². The van der Waals surface area contributed by atoms with Crippen molar-refractivity contribution in [2.24, 2.45) is 11.8 Å². The van der Waals surface area contributed by atoms with Crippen molar-refractivity contribution in [2.75, 3.05) is 0 Å². The number of amides is 1. The Morgan fingerprint density at radius 3 is 2.61 bits per heavy atom. The first-order valence-electron chi connectivity index (χ1n) is 13.3. The molecule has 4 N–H and O–H groups in total. The number of rotatable bonds is 6. The number of benzene rings is 1. The molecule has 3 aromatic heterocycles. The molecule has 0 aliphatic heterocycles. The van der Waals surface area contributed by atoms with E-state index in [0.717, 1.165) is 25.7 Å². The summed E-state index contributed by atoms with van der Waals surface area (Å²) in [4.78, 5) is 29.9. The van der Waals surface area contributed by atoms with E-state index in [-0.39, 0.29) is 17.4 Å². The standard InChI is InChI=1S/C30H30ClN7O3/c1-4-17-8-10-18(11-9-17)16-38-24-23(19-6-5-7-21(31)14-19)34-27(25(32)35-29(39)40)36-26(24)37-28(38)22-15-20(12-13-33-22)30(2,3)41/h1,5-7,12-15,17-18,41H,8-11,16H2,2-3H3,(H2,32,35)(H,39,40). The number of hydrogen-bond acceptors (Lipinski definition) is 7. The Bertz CT molecular complexity index is 1680. The minimum atomic E-state index is -1.40. The van der Waals surface area contributed by atoms with Crippen LogP contribution < -0.4 is 5.32 Å². The number of carboxylic acid groups (broad SMARTS) is 1. The molecule has 0 atom stereocenters. The van der Waals surface area contributed by atoms with Crippen molar-refractivity contribution in [1.82, 2.24) is 29.8 Å². The zero-order chi connectivity index (χ0) is 29.3. The van der Waals surface area contributed by atoms with Crippen LogP contribution in [0, 0.1) is 29.6 Å². The molecule has 0 saturated heterocycles. The van der Waals surface area contributed by atoms with Gasteiger partial charge in [-0.15, -0.1) is 12.3 Å². The van der Waals surface area contributed by atoms with Crippen molar-refractivity contribution in [2.45, 2.75) is 51.7 Å². The van der Waals surface area contributed by atoms with Gasteiger partial charge in [0.25, 0.3) is 0 Å². The van der Waals surface area contributed by atoms with Gasteiger partial charge in [-0.25, -0.2) is 19.7 Å². The average molecular weight is 572 g/mol. The number of pyridine rings is 1. The van der Waals surface area contributed by atoms with Crippen LogP contribution in [0.15, 0.2) is 42.6 Å². The summed E-state index contributed by atoms with van der Waals surface area (Å²) in [6.45, 7) is 4.00. The van der Waals surface area contributed by atoms with E-state index < -0.39 is 17.5 Å². The second-order valence-corrected chi connectivity index (χ2v) is 11.2. The zero-order valence-corrected chi connectivity index (χ0v) is 23.5. The van der Waals surface area contributed by atoms with E-state index >= 15 is 0 Å². The second-order valence-electron chi connectivity index (χ2n) is 10.8. The molecule has 0 bridgehead atoms. The van der Waals surface area contributed by atoms with E-state index in [9.17, 15) is 15.0 Å². The van der Waals surface area contributed by atoms with E-state index in [1.54, 1.807) is 50.4 Å². The van der Waals surface area contributed by atoms with E-state index in [0.29, 0.717) is 51.3 Å².